The summed E-state index contributed by atoms with van der Waals surface area (Å²) in [6.45, 7) is 4.79. The second-order valence-corrected chi connectivity index (χ2v) is 12.6. The Hall–Kier alpha value is -2.87. The van der Waals surface area contributed by atoms with E-state index in [-0.39, 0.29) is 5.41 Å². The number of benzene rings is 3. The van der Waals surface area contributed by atoms with Gasteiger partial charge in [-0.05, 0) is 0 Å². The molecule has 1 aliphatic carbocycles. The number of aromatic nitrogens is 1. The van der Waals surface area contributed by atoms with Gasteiger partial charge in [-0.15, -0.1) is 0 Å². The second-order valence-electron chi connectivity index (χ2n) is 10.4. The Kier molecular flexibility index (Phi) is 6.10. The van der Waals surface area contributed by atoms with Crippen molar-refractivity contribution in [2.75, 3.05) is 19.0 Å². The number of anilines is 1. The van der Waals surface area contributed by atoms with Gasteiger partial charge in [0.1, 0.15) is 0 Å². The molecule has 0 saturated carbocycles. The van der Waals surface area contributed by atoms with Crippen LogP contribution < -0.4 is 9.47 Å². The van der Waals surface area contributed by atoms with Crippen LogP contribution in [0.2, 0.25) is 0 Å². The Morgan fingerprint density at radius 2 is 1.68 bits per heavy atom. The van der Waals surface area contributed by atoms with Gasteiger partial charge < -0.3 is 0 Å². The summed E-state index contributed by atoms with van der Waals surface area (Å²) in [5.74, 6) is 0. The van der Waals surface area contributed by atoms with Crippen molar-refractivity contribution in [2.24, 2.45) is 12.5 Å². The topological polar surface area (TPSA) is 7.12 Å². The van der Waals surface area contributed by atoms with Gasteiger partial charge in [0.25, 0.3) is 0 Å². The summed E-state index contributed by atoms with van der Waals surface area (Å²) >= 11 is 0.317. The van der Waals surface area contributed by atoms with Crippen molar-refractivity contribution >= 4 is 52.9 Å². The van der Waals surface area contributed by atoms with Gasteiger partial charge >= 0.3 is 196 Å². The molecule has 0 N–H and O–H groups in total. The molecule has 0 saturated heterocycles. The van der Waals surface area contributed by atoms with Crippen LogP contribution in [-0.2, 0) is 7.05 Å². The fourth-order valence-corrected chi connectivity index (χ4v) is 7.62. The standard InChI is InChI=1S/C31H33N2Se/c1-31(2)20-23(11-10-22-12-15-26(16-13-22)32(3)4)18-24(21-31)19-29-33(5)28-17-14-25-8-6-7-9-27(25)30(28)34-29/h6-19H,20-21H2,1-5H3/q+1. The summed E-state index contributed by atoms with van der Waals surface area (Å²) in [7, 11) is 6.38. The molecule has 172 valence electrons. The molecule has 0 aliphatic heterocycles. The predicted molar refractivity (Wildman–Crippen MR) is 148 cm³/mol. The molecule has 0 amide bonds. The van der Waals surface area contributed by atoms with Crippen molar-refractivity contribution in [1.29, 1.82) is 0 Å². The van der Waals surface area contributed by atoms with Crippen LogP contribution >= 0.6 is 0 Å². The van der Waals surface area contributed by atoms with E-state index < -0.39 is 0 Å². The van der Waals surface area contributed by atoms with Gasteiger partial charge in [-0.25, -0.2) is 0 Å². The molecule has 0 spiro atoms. The monoisotopic (exact) mass is 513 g/mol. The van der Waals surface area contributed by atoms with E-state index in [1.54, 1.807) is 0 Å². The van der Waals surface area contributed by atoms with E-state index >= 15 is 0 Å². The quantitative estimate of drug-likeness (QED) is 0.216. The molecule has 4 aromatic rings. The molecule has 5 rings (SSSR count). The first-order valence-corrected chi connectivity index (χ1v) is 13.7. The van der Waals surface area contributed by atoms with Crippen LogP contribution in [0.3, 0.4) is 0 Å². The van der Waals surface area contributed by atoms with Crippen LogP contribution in [0, 0.1) is 5.41 Å². The van der Waals surface area contributed by atoms with E-state index in [1.165, 1.54) is 47.5 Å². The third-order valence-corrected chi connectivity index (χ3v) is 9.29. The van der Waals surface area contributed by atoms with Crippen LogP contribution in [0.25, 0.3) is 32.7 Å². The molecule has 0 atom stereocenters. The van der Waals surface area contributed by atoms with Crippen LogP contribution in [0.15, 0.2) is 84.0 Å². The number of hydrogen-bond acceptors (Lipinski definition) is 1. The SMILES string of the molecule is CN(C)c1ccc(C=CC2=CC(=Cc3[se]c4c5ccccc5ccc4[n+]3C)CC(C)(C)C2)cc1. The van der Waals surface area contributed by atoms with E-state index in [2.05, 4.69) is 129 Å². The van der Waals surface area contributed by atoms with Gasteiger partial charge in [0.2, 0.25) is 0 Å². The van der Waals surface area contributed by atoms with E-state index in [4.69, 9.17) is 0 Å². The van der Waals surface area contributed by atoms with Crippen molar-refractivity contribution in [3.05, 3.63) is 94.1 Å². The zero-order valence-electron chi connectivity index (χ0n) is 20.8. The van der Waals surface area contributed by atoms with Crippen molar-refractivity contribution < 1.29 is 4.57 Å². The number of aryl methyl sites for hydroxylation is 1. The third kappa shape index (κ3) is 4.69. The van der Waals surface area contributed by atoms with Crippen molar-refractivity contribution in [2.45, 2.75) is 26.7 Å². The minimum atomic E-state index is 0.263. The van der Waals surface area contributed by atoms with E-state index in [9.17, 15) is 0 Å². The van der Waals surface area contributed by atoms with Crippen molar-refractivity contribution in [1.82, 2.24) is 0 Å². The first-order valence-electron chi connectivity index (χ1n) is 12.0. The molecule has 1 heterocycles. The third-order valence-electron chi connectivity index (χ3n) is 6.70. The van der Waals surface area contributed by atoms with Gasteiger partial charge in [0.15, 0.2) is 0 Å². The van der Waals surface area contributed by atoms with Crippen LogP contribution in [0.4, 0.5) is 5.69 Å². The molecular formula is C31H33N2Se+. The Morgan fingerprint density at radius 3 is 2.44 bits per heavy atom. The number of fused-ring (bicyclic) bond motifs is 3. The zero-order valence-corrected chi connectivity index (χ0v) is 22.5. The molecule has 0 bridgehead atoms. The van der Waals surface area contributed by atoms with E-state index in [0.717, 1.165) is 12.8 Å². The van der Waals surface area contributed by atoms with Crippen LogP contribution in [0.1, 0.15) is 36.8 Å². The van der Waals surface area contributed by atoms with Crippen LogP contribution in [0.5, 0.6) is 0 Å². The molecular weight excluding hydrogens is 479 g/mol. The molecule has 3 aromatic carbocycles. The van der Waals surface area contributed by atoms with Crippen LogP contribution in [-0.4, -0.2) is 28.6 Å². The van der Waals surface area contributed by atoms with Crippen molar-refractivity contribution in [3.8, 4) is 0 Å². The number of rotatable bonds is 4. The maximum absolute atomic E-state index is 2.47. The first kappa shape index (κ1) is 22.9. The molecule has 0 fully saturated rings. The summed E-state index contributed by atoms with van der Waals surface area (Å²) in [6, 6.07) is 22.1. The molecule has 1 aliphatic rings. The fraction of sp³-hybridized carbons (Fsp3) is 0.258. The average Bonchev–Trinajstić information content (AvgIpc) is 3.12. The van der Waals surface area contributed by atoms with E-state index in [1.807, 2.05) is 0 Å². The maximum atomic E-state index is 2.47. The van der Waals surface area contributed by atoms with Gasteiger partial charge in [-0.2, -0.15) is 0 Å². The van der Waals surface area contributed by atoms with Gasteiger partial charge in [0, 0.05) is 14.1 Å². The van der Waals surface area contributed by atoms with Gasteiger partial charge in [-0.3, -0.25) is 0 Å². The number of hydrogen-bond donors (Lipinski definition) is 0. The van der Waals surface area contributed by atoms with Gasteiger partial charge in [-0.1, -0.05) is 0 Å². The summed E-state index contributed by atoms with van der Waals surface area (Å²) in [5.41, 5.74) is 6.96. The van der Waals surface area contributed by atoms with E-state index in [0.29, 0.717) is 14.5 Å². The molecule has 34 heavy (non-hydrogen) atoms. The van der Waals surface area contributed by atoms with Gasteiger partial charge in [0.05, 0.1) is 0 Å². The number of nitrogens with zero attached hydrogens (tertiary/aromatic N) is 2. The zero-order chi connectivity index (χ0) is 23.9. The Balaban J connectivity index is 1.49. The normalized spacial score (nSPS) is 17.1. The summed E-state index contributed by atoms with van der Waals surface area (Å²) in [4.78, 5) is 2.14. The predicted octanol–water partition coefficient (Wildman–Crippen LogP) is 6.78. The van der Waals surface area contributed by atoms with Crippen molar-refractivity contribution in [3.63, 3.8) is 0 Å². The minimum absolute atomic E-state index is 0.263. The molecule has 0 unspecified atom stereocenters. The molecule has 3 heteroatoms. The number of allylic oxidation sites excluding steroid dienone is 4. The Labute approximate surface area is 209 Å². The fourth-order valence-electron chi connectivity index (χ4n) is 4.97. The summed E-state index contributed by atoms with van der Waals surface area (Å²) in [6.07, 6.45) is 11.7. The average molecular weight is 513 g/mol. The molecule has 2 nitrogen and oxygen atoms in total. The first-order chi connectivity index (χ1) is 16.3. The Bertz CT molecular complexity index is 1450. The summed E-state index contributed by atoms with van der Waals surface area (Å²) < 4.78 is 5.37. The molecule has 1 aromatic heterocycles. The summed E-state index contributed by atoms with van der Waals surface area (Å²) in [5, 5.41) is 2.75. The Morgan fingerprint density at radius 1 is 0.912 bits per heavy atom. The second kappa shape index (κ2) is 9.06. The molecule has 0 radical (unpaired) electrons.